The fraction of sp³-hybridized carbons (Fsp3) is 0.0652. The lowest BCUT2D eigenvalue weighted by Crippen LogP contribution is -2.15. The fourth-order valence-corrected chi connectivity index (χ4v) is 8.25. The molecule has 0 saturated heterocycles. The summed E-state index contributed by atoms with van der Waals surface area (Å²) in [5, 5.41) is 2.55. The normalized spacial score (nSPS) is 13.3. The van der Waals surface area contributed by atoms with E-state index in [2.05, 4.69) is 187 Å². The van der Waals surface area contributed by atoms with E-state index in [0.717, 1.165) is 28.2 Å². The molecule has 9 aromatic rings. The molecule has 0 aliphatic heterocycles. The monoisotopic (exact) mass is 627 g/mol. The van der Waals surface area contributed by atoms with E-state index in [4.69, 9.17) is 4.98 Å². The van der Waals surface area contributed by atoms with Gasteiger partial charge in [0, 0.05) is 39.2 Å². The molecule has 232 valence electrons. The molecule has 0 radical (unpaired) electrons. The summed E-state index contributed by atoms with van der Waals surface area (Å²) in [7, 11) is 0. The predicted molar refractivity (Wildman–Crippen MR) is 203 cm³/mol. The van der Waals surface area contributed by atoms with Crippen LogP contribution in [-0.2, 0) is 5.41 Å². The van der Waals surface area contributed by atoms with Crippen LogP contribution in [0.4, 0.5) is 0 Å². The second-order valence-electron chi connectivity index (χ2n) is 13.6. The number of para-hydroxylation sites is 2. The lowest BCUT2D eigenvalue weighted by molar-refractivity contribution is 0.661. The zero-order valence-electron chi connectivity index (χ0n) is 27.4. The molecule has 3 aromatic heterocycles. The molecule has 0 saturated carbocycles. The summed E-state index contributed by atoms with van der Waals surface area (Å²) in [4.78, 5) is 5.18. The van der Waals surface area contributed by atoms with Gasteiger partial charge in [-0.2, -0.15) is 0 Å². The van der Waals surface area contributed by atoms with Crippen LogP contribution in [-0.4, -0.2) is 14.0 Å². The van der Waals surface area contributed by atoms with Crippen LogP contribution in [0.3, 0.4) is 0 Å². The maximum Gasteiger partial charge on any atom is 0.137 e. The summed E-state index contributed by atoms with van der Waals surface area (Å²) in [6.45, 7) is 4.75. The third-order valence-corrected chi connectivity index (χ3v) is 10.5. The lowest BCUT2D eigenvalue weighted by atomic mass is 9.81. The largest absolute Gasteiger partial charge is 0.309 e. The third kappa shape index (κ3) is 4.06. The number of imidazole rings is 1. The van der Waals surface area contributed by atoms with E-state index in [1.54, 1.807) is 0 Å². The van der Waals surface area contributed by atoms with Crippen molar-refractivity contribution in [2.45, 2.75) is 19.3 Å². The van der Waals surface area contributed by atoms with Gasteiger partial charge in [0.1, 0.15) is 5.65 Å². The maximum absolute atomic E-state index is 5.18. The Bertz CT molecular complexity index is 2730. The quantitative estimate of drug-likeness (QED) is 0.190. The molecule has 1 aliphatic carbocycles. The van der Waals surface area contributed by atoms with Gasteiger partial charge in [-0.25, -0.2) is 4.98 Å². The first-order valence-corrected chi connectivity index (χ1v) is 17.0. The van der Waals surface area contributed by atoms with Crippen molar-refractivity contribution in [2.24, 2.45) is 0 Å². The van der Waals surface area contributed by atoms with E-state index >= 15 is 0 Å². The summed E-state index contributed by atoms with van der Waals surface area (Å²) in [6.07, 6.45) is 2.11. The van der Waals surface area contributed by atoms with E-state index in [9.17, 15) is 0 Å². The molecule has 6 aromatic carbocycles. The number of fused-ring (bicyclic) bond motifs is 7. The molecular weight excluding hydrogens is 595 g/mol. The van der Waals surface area contributed by atoms with Crippen molar-refractivity contribution in [1.29, 1.82) is 0 Å². The number of pyridine rings is 1. The highest BCUT2D eigenvalue weighted by Gasteiger charge is 2.38. The zero-order chi connectivity index (χ0) is 32.7. The highest BCUT2D eigenvalue weighted by Crippen LogP contribution is 2.54. The van der Waals surface area contributed by atoms with Crippen molar-refractivity contribution in [3.05, 3.63) is 175 Å². The molecule has 0 N–H and O–H groups in total. The van der Waals surface area contributed by atoms with E-state index < -0.39 is 0 Å². The average molecular weight is 628 g/mol. The molecule has 1 aliphatic rings. The number of rotatable bonds is 4. The number of hydrogen-bond acceptors (Lipinski definition) is 1. The Hall–Kier alpha value is -6.19. The van der Waals surface area contributed by atoms with E-state index in [-0.39, 0.29) is 5.41 Å². The molecule has 0 bridgehead atoms. The number of aromatic nitrogens is 3. The number of hydrogen-bond donors (Lipinski definition) is 0. The Morgan fingerprint density at radius 3 is 2.08 bits per heavy atom. The van der Waals surface area contributed by atoms with Crippen LogP contribution in [0.25, 0.3) is 77.9 Å². The van der Waals surface area contributed by atoms with Gasteiger partial charge in [-0.1, -0.05) is 123 Å². The van der Waals surface area contributed by atoms with Crippen molar-refractivity contribution in [3.8, 4) is 50.5 Å². The summed E-state index contributed by atoms with van der Waals surface area (Å²) in [5.74, 6) is 0. The van der Waals surface area contributed by atoms with E-state index in [1.165, 1.54) is 60.9 Å². The van der Waals surface area contributed by atoms with Gasteiger partial charge >= 0.3 is 0 Å². The van der Waals surface area contributed by atoms with Crippen molar-refractivity contribution in [1.82, 2.24) is 14.0 Å². The van der Waals surface area contributed by atoms with Gasteiger partial charge in [-0.15, -0.1) is 0 Å². The van der Waals surface area contributed by atoms with Crippen molar-refractivity contribution >= 4 is 27.5 Å². The van der Waals surface area contributed by atoms with Gasteiger partial charge in [-0.3, -0.25) is 4.40 Å². The molecule has 10 rings (SSSR count). The standard InChI is InChI=1S/C46H33N3/c1-46(2)38-23-14-22-34(31-17-13-18-32(27-31)44-45(30-15-5-3-6-16-30)48-26-12-11-25-42(48)47-44)43(38)37-28-36-35-21-9-10-24-40(35)49(41(36)29-39(37)46)33-19-7-4-8-20-33/h3-29H,1-2H3. The number of nitrogens with zero attached hydrogens (tertiary/aromatic N) is 3. The Balaban J connectivity index is 1.20. The van der Waals surface area contributed by atoms with Crippen LogP contribution in [0.2, 0.25) is 0 Å². The van der Waals surface area contributed by atoms with Gasteiger partial charge in [0.2, 0.25) is 0 Å². The number of benzene rings is 6. The molecule has 0 atom stereocenters. The minimum Gasteiger partial charge on any atom is -0.309 e. The molecule has 0 spiro atoms. The van der Waals surface area contributed by atoms with Gasteiger partial charge in [0.25, 0.3) is 0 Å². The molecule has 0 unspecified atom stereocenters. The second-order valence-corrected chi connectivity index (χ2v) is 13.6. The molecular formula is C46H33N3. The summed E-state index contributed by atoms with van der Waals surface area (Å²) in [6, 6.07) is 57.1. The Morgan fingerprint density at radius 2 is 1.22 bits per heavy atom. The van der Waals surface area contributed by atoms with Crippen molar-refractivity contribution < 1.29 is 0 Å². The molecule has 3 heterocycles. The van der Waals surface area contributed by atoms with Crippen LogP contribution in [0, 0.1) is 0 Å². The van der Waals surface area contributed by atoms with Crippen LogP contribution in [0.15, 0.2) is 164 Å². The van der Waals surface area contributed by atoms with E-state index in [0.29, 0.717) is 0 Å². The first-order chi connectivity index (χ1) is 24.1. The molecule has 3 nitrogen and oxygen atoms in total. The summed E-state index contributed by atoms with van der Waals surface area (Å²) >= 11 is 0. The van der Waals surface area contributed by atoms with Gasteiger partial charge in [0.05, 0.1) is 22.4 Å². The van der Waals surface area contributed by atoms with E-state index in [1.807, 2.05) is 0 Å². The van der Waals surface area contributed by atoms with Gasteiger partial charge in [0.15, 0.2) is 0 Å². The smallest absolute Gasteiger partial charge is 0.137 e. The molecule has 0 amide bonds. The van der Waals surface area contributed by atoms with Crippen LogP contribution < -0.4 is 0 Å². The maximum atomic E-state index is 5.18. The van der Waals surface area contributed by atoms with Crippen LogP contribution in [0.5, 0.6) is 0 Å². The van der Waals surface area contributed by atoms with Crippen LogP contribution >= 0.6 is 0 Å². The SMILES string of the molecule is CC1(C)c2cc3c(cc2-c2c(-c4cccc(-c5nc6ccccn6c5-c5ccccc5)c4)cccc21)c1ccccc1n3-c1ccccc1. The molecule has 0 fully saturated rings. The molecule has 49 heavy (non-hydrogen) atoms. The van der Waals surface area contributed by atoms with Crippen molar-refractivity contribution in [2.75, 3.05) is 0 Å². The Morgan fingerprint density at radius 1 is 0.510 bits per heavy atom. The summed E-state index contributed by atoms with van der Waals surface area (Å²) < 4.78 is 4.63. The lowest BCUT2D eigenvalue weighted by Gasteiger charge is -2.22. The summed E-state index contributed by atoms with van der Waals surface area (Å²) in [5.41, 5.74) is 16.6. The van der Waals surface area contributed by atoms with Gasteiger partial charge < -0.3 is 4.57 Å². The fourth-order valence-electron chi connectivity index (χ4n) is 8.25. The Labute approximate surface area is 285 Å². The van der Waals surface area contributed by atoms with Gasteiger partial charge in [-0.05, 0) is 81.9 Å². The Kier molecular flexibility index (Phi) is 5.92. The predicted octanol–water partition coefficient (Wildman–Crippen LogP) is 11.7. The highest BCUT2D eigenvalue weighted by molar-refractivity contribution is 6.12. The first-order valence-electron chi connectivity index (χ1n) is 17.0. The molecule has 3 heteroatoms. The topological polar surface area (TPSA) is 22.2 Å². The van der Waals surface area contributed by atoms with Crippen LogP contribution in [0.1, 0.15) is 25.0 Å². The minimum atomic E-state index is -0.160. The average Bonchev–Trinajstić information content (AvgIpc) is 3.77. The van der Waals surface area contributed by atoms with Crippen molar-refractivity contribution in [3.63, 3.8) is 0 Å². The third-order valence-electron chi connectivity index (χ3n) is 10.5. The minimum absolute atomic E-state index is 0.160. The second kappa shape index (κ2) is 10.4. The zero-order valence-corrected chi connectivity index (χ0v) is 27.4. The first kappa shape index (κ1) is 27.9. The highest BCUT2D eigenvalue weighted by atomic mass is 15.0.